The van der Waals surface area contributed by atoms with Gasteiger partial charge in [-0.1, -0.05) is 51.4 Å². The summed E-state index contributed by atoms with van der Waals surface area (Å²) >= 11 is 11.2. The molecular formula is C20H14BrClN4S. The molecule has 0 saturated heterocycles. The van der Waals surface area contributed by atoms with Crippen LogP contribution in [-0.2, 0) is 5.75 Å². The molecule has 0 aliphatic heterocycles. The zero-order valence-corrected chi connectivity index (χ0v) is 17.2. The molecule has 4 nitrogen and oxygen atoms in total. The van der Waals surface area contributed by atoms with E-state index in [-0.39, 0.29) is 0 Å². The van der Waals surface area contributed by atoms with E-state index < -0.39 is 0 Å². The van der Waals surface area contributed by atoms with Crippen LogP contribution in [0.4, 0.5) is 0 Å². The fraction of sp³-hybridized carbons (Fsp3) is 0.0500. The lowest BCUT2D eigenvalue weighted by Gasteiger charge is -2.10. The van der Waals surface area contributed by atoms with E-state index in [0.717, 1.165) is 32.5 Å². The molecule has 2 aromatic heterocycles. The van der Waals surface area contributed by atoms with Crippen molar-refractivity contribution >= 4 is 39.3 Å². The number of hydrogen-bond acceptors (Lipinski definition) is 4. The fourth-order valence-electron chi connectivity index (χ4n) is 2.60. The molecule has 0 bridgehead atoms. The van der Waals surface area contributed by atoms with Crippen molar-refractivity contribution in [1.29, 1.82) is 0 Å². The van der Waals surface area contributed by atoms with Crippen molar-refractivity contribution in [2.45, 2.75) is 10.9 Å². The van der Waals surface area contributed by atoms with Crippen molar-refractivity contribution in [1.82, 2.24) is 19.7 Å². The minimum atomic E-state index is 0.696. The molecule has 0 amide bonds. The molecule has 134 valence electrons. The molecule has 0 spiro atoms. The van der Waals surface area contributed by atoms with Crippen molar-refractivity contribution in [2.75, 3.05) is 0 Å². The van der Waals surface area contributed by atoms with Crippen molar-refractivity contribution < 1.29 is 0 Å². The van der Waals surface area contributed by atoms with Crippen LogP contribution >= 0.6 is 39.3 Å². The van der Waals surface area contributed by atoms with Crippen LogP contribution in [0.1, 0.15) is 5.56 Å². The molecule has 0 radical (unpaired) electrons. The number of pyridine rings is 1. The zero-order valence-electron chi connectivity index (χ0n) is 14.1. The Hall–Kier alpha value is -2.15. The van der Waals surface area contributed by atoms with Gasteiger partial charge in [0.05, 0.1) is 0 Å². The summed E-state index contributed by atoms with van der Waals surface area (Å²) in [4.78, 5) is 4.09. The first-order valence-corrected chi connectivity index (χ1v) is 10.4. The van der Waals surface area contributed by atoms with Gasteiger partial charge < -0.3 is 0 Å². The third-order valence-electron chi connectivity index (χ3n) is 3.94. The molecule has 0 N–H and O–H groups in total. The third kappa shape index (κ3) is 4.24. The molecule has 0 aliphatic carbocycles. The van der Waals surface area contributed by atoms with Gasteiger partial charge in [0.1, 0.15) is 0 Å². The lowest BCUT2D eigenvalue weighted by atomic mass is 10.2. The Morgan fingerprint density at radius 3 is 2.30 bits per heavy atom. The summed E-state index contributed by atoms with van der Waals surface area (Å²) in [5.41, 5.74) is 3.15. The van der Waals surface area contributed by atoms with Gasteiger partial charge in [0, 0.05) is 38.9 Å². The van der Waals surface area contributed by atoms with E-state index in [1.54, 1.807) is 24.2 Å². The number of hydrogen-bond donors (Lipinski definition) is 0. The maximum absolute atomic E-state index is 6.07. The fourth-order valence-corrected chi connectivity index (χ4v) is 3.90. The van der Waals surface area contributed by atoms with Crippen LogP contribution in [0.15, 0.2) is 82.7 Å². The predicted molar refractivity (Wildman–Crippen MR) is 113 cm³/mol. The Morgan fingerprint density at radius 1 is 0.889 bits per heavy atom. The van der Waals surface area contributed by atoms with Crippen molar-refractivity contribution in [2.24, 2.45) is 0 Å². The Bertz CT molecular complexity index is 1030. The van der Waals surface area contributed by atoms with Crippen LogP contribution in [0.2, 0.25) is 5.02 Å². The summed E-state index contributed by atoms with van der Waals surface area (Å²) < 4.78 is 3.12. The largest absolute Gasteiger partial charge is 0.270 e. The van der Waals surface area contributed by atoms with Crippen LogP contribution in [0, 0.1) is 0 Å². The average molecular weight is 458 g/mol. The number of benzene rings is 2. The number of rotatable bonds is 5. The van der Waals surface area contributed by atoms with E-state index in [2.05, 4.69) is 47.8 Å². The second-order valence-electron chi connectivity index (χ2n) is 5.77. The SMILES string of the molecule is Clc1ccc(-n2c(SCc3ccc(Br)cc3)nnc2-c2ccncc2)cc1. The number of halogens is 2. The quantitative estimate of drug-likeness (QED) is 0.343. The molecule has 0 unspecified atom stereocenters. The van der Waals surface area contributed by atoms with Gasteiger partial charge in [-0.3, -0.25) is 9.55 Å². The smallest absolute Gasteiger partial charge is 0.196 e. The van der Waals surface area contributed by atoms with Gasteiger partial charge in [-0.05, 0) is 54.1 Å². The van der Waals surface area contributed by atoms with E-state index >= 15 is 0 Å². The maximum atomic E-state index is 6.07. The summed E-state index contributed by atoms with van der Waals surface area (Å²) in [6.07, 6.45) is 3.51. The lowest BCUT2D eigenvalue weighted by Crippen LogP contribution is -1.99. The summed E-state index contributed by atoms with van der Waals surface area (Å²) in [6, 6.07) is 19.8. The highest BCUT2D eigenvalue weighted by molar-refractivity contribution is 9.10. The Balaban J connectivity index is 1.71. The Labute approximate surface area is 174 Å². The van der Waals surface area contributed by atoms with Gasteiger partial charge in [-0.15, -0.1) is 10.2 Å². The predicted octanol–water partition coefficient (Wildman–Crippen LogP) is 6.04. The van der Waals surface area contributed by atoms with Crippen LogP contribution in [0.3, 0.4) is 0 Å². The molecule has 0 aliphatic rings. The van der Waals surface area contributed by atoms with E-state index in [1.807, 2.05) is 48.5 Å². The molecule has 0 fully saturated rings. The molecule has 0 saturated carbocycles. The lowest BCUT2D eigenvalue weighted by molar-refractivity contribution is 0.886. The standard InChI is InChI=1S/C20H14BrClN4S/c21-16-3-1-14(2-4-16)13-27-20-25-24-19(15-9-11-23-12-10-15)26(20)18-7-5-17(22)6-8-18/h1-12H,13H2. The number of aromatic nitrogens is 4. The van der Waals surface area contributed by atoms with Crippen LogP contribution in [-0.4, -0.2) is 19.7 Å². The van der Waals surface area contributed by atoms with Crippen molar-refractivity contribution in [3.63, 3.8) is 0 Å². The van der Waals surface area contributed by atoms with Gasteiger partial charge in [0.25, 0.3) is 0 Å². The minimum Gasteiger partial charge on any atom is -0.270 e. The highest BCUT2D eigenvalue weighted by Crippen LogP contribution is 2.30. The van der Waals surface area contributed by atoms with E-state index in [4.69, 9.17) is 11.6 Å². The molecule has 2 heterocycles. The van der Waals surface area contributed by atoms with Gasteiger partial charge in [-0.2, -0.15) is 0 Å². The first kappa shape index (κ1) is 18.2. The molecule has 4 rings (SSSR count). The first-order chi connectivity index (χ1) is 13.2. The van der Waals surface area contributed by atoms with Gasteiger partial charge in [-0.25, -0.2) is 0 Å². The van der Waals surface area contributed by atoms with Crippen LogP contribution < -0.4 is 0 Å². The number of nitrogens with zero attached hydrogens (tertiary/aromatic N) is 4. The van der Waals surface area contributed by atoms with Crippen LogP contribution in [0.25, 0.3) is 17.1 Å². The van der Waals surface area contributed by atoms with E-state index in [9.17, 15) is 0 Å². The molecule has 7 heteroatoms. The van der Waals surface area contributed by atoms with E-state index in [0.29, 0.717) is 5.02 Å². The second kappa shape index (κ2) is 8.25. The Morgan fingerprint density at radius 2 is 1.59 bits per heavy atom. The third-order valence-corrected chi connectivity index (χ3v) is 5.72. The van der Waals surface area contributed by atoms with Gasteiger partial charge >= 0.3 is 0 Å². The molecular weight excluding hydrogens is 444 g/mol. The zero-order chi connectivity index (χ0) is 18.6. The molecule has 4 aromatic rings. The molecule has 2 aromatic carbocycles. The van der Waals surface area contributed by atoms with Gasteiger partial charge in [0.15, 0.2) is 11.0 Å². The normalized spacial score (nSPS) is 10.9. The van der Waals surface area contributed by atoms with Crippen LogP contribution in [0.5, 0.6) is 0 Å². The summed E-state index contributed by atoms with van der Waals surface area (Å²) in [5.74, 6) is 1.58. The molecule has 27 heavy (non-hydrogen) atoms. The first-order valence-electron chi connectivity index (χ1n) is 8.20. The Kier molecular flexibility index (Phi) is 5.57. The highest BCUT2D eigenvalue weighted by atomic mass is 79.9. The van der Waals surface area contributed by atoms with E-state index in [1.165, 1.54) is 5.56 Å². The highest BCUT2D eigenvalue weighted by Gasteiger charge is 2.16. The van der Waals surface area contributed by atoms with Crippen molar-refractivity contribution in [3.8, 4) is 17.1 Å². The summed E-state index contributed by atoms with van der Waals surface area (Å²) in [6.45, 7) is 0. The minimum absolute atomic E-state index is 0.696. The van der Waals surface area contributed by atoms with Crippen molar-refractivity contribution in [3.05, 3.63) is 88.1 Å². The average Bonchev–Trinajstić information content (AvgIpc) is 3.13. The summed E-state index contributed by atoms with van der Waals surface area (Å²) in [5, 5.41) is 10.4. The summed E-state index contributed by atoms with van der Waals surface area (Å²) in [7, 11) is 0. The monoisotopic (exact) mass is 456 g/mol. The molecule has 0 atom stereocenters. The number of thioether (sulfide) groups is 1. The topological polar surface area (TPSA) is 43.6 Å². The second-order valence-corrected chi connectivity index (χ2v) is 8.06. The van der Waals surface area contributed by atoms with Gasteiger partial charge in [0.2, 0.25) is 0 Å². The maximum Gasteiger partial charge on any atom is 0.196 e.